The van der Waals surface area contributed by atoms with Crippen molar-refractivity contribution in [2.75, 3.05) is 44.6 Å². The van der Waals surface area contributed by atoms with Gasteiger partial charge in [-0.15, -0.1) is 0 Å². The van der Waals surface area contributed by atoms with Gasteiger partial charge in [-0.2, -0.15) is 0 Å². The number of hydrogen-bond donors (Lipinski definition) is 3. The Kier molecular flexibility index (Phi) is 6.87. The van der Waals surface area contributed by atoms with E-state index < -0.39 is 0 Å². The molecule has 0 aliphatic carbocycles. The van der Waals surface area contributed by atoms with Crippen LogP contribution in [0.5, 0.6) is 0 Å². The number of benzene rings is 2. The first-order chi connectivity index (χ1) is 15.5. The zero-order chi connectivity index (χ0) is 22.5. The predicted octanol–water partition coefficient (Wildman–Crippen LogP) is 2.44. The number of nitrogens with zero attached hydrogens (tertiary/aromatic N) is 2. The number of aromatic nitrogens is 1. The lowest BCUT2D eigenvalue weighted by atomic mass is 10.2. The minimum Gasteiger partial charge on any atom is -0.351 e. The summed E-state index contributed by atoms with van der Waals surface area (Å²) in [4.78, 5) is 44.1. The molecule has 0 spiro atoms. The van der Waals surface area contributed by atoms with Crippen LogP contribution >= 0.6 is 15.9 Å². The minimum atomic E-state index is -0.293. The number of anilines is 1. The molecule has 1 aliphatic heterocycles. The van der Waals surface area contributed by atoms with Crippen LogP contribution in [-0.2, 0) is 9.59 Å². The van der Waals surface area contributed by atoms with Crippen molar-refractivity contribution in [1.82, 2.24) is 20.1 Å². The van der Waals surface area contributed by atoms with Gasteiger partial charge in [0, 0.05) is 41.6 Å². The van der Waals surface area contributed by atoms with Gasteiger partial charge in [0.25, 0.3) is 5.91 Å². The average molecular weight is 498 g/mol. The molecular weight excluding hydrogens is 474 g/mol. The molecule has 0 atom stereocenters. The van der Waals surface area contributed by atoms with E-state index in [0.717, 1.165) is 15.4 Å². The van der Waals surface area contributed by atoms with E-state index in [9.17, 15) is 14.4 Å². The lowest BCUT2D eigenvalue weighted by Crippen LogP contribution is -2.51. The Labute approximate surface area is 194 Å². The van der Waals surface area contributed by atoms with Crippen molar-refractivity contribution in [2.24, 2.45) is 0 Å². The number of rotatable bonds is 6. The number of hydrogen-bond acceptors (Lipinski definition) is 4. The number of para-hydroxylation sites is 2. The Bertz CT molecular complexity index is 1100. The third kappa shape index (κ3) is 5.35. The number of piperazine rings is 1. The molecule has 32 heavy (non-hydrogen) atoms. The van der Waals surface area contributed by atoms with Crippen molar-refractivity contribution >= 4 is 50.2 Å². The molecule has 3 N–H and O–H groups in total. The third-order valence-corrected chi connectivity index (χ3v) is 6.07. The van der Waals surface area contributed by atoms with Gasteiger partial charge in [-0.05, 0) is 40.2 Å². The minimum absolute atomic E-state index is 0.0333. The van der Waals surface area contributed by atoms with Gasteiger partial charge < -0.3 is 20.5 Å². The quantitative estimate of drug-likeness (QED) is 0.487. The van der Waals surface area contributed by atoms with E-state index in [1.54, 1.807) is 11.0 Å². The van der Waals surface area contributed by atoms with Crippen LogP contribution in [-0.4, -0.2) is 71.8 Å². The second-order valence-electron chi connectivity index (χ2n) is 7.64. The number of amides is 3. The normalized spacial score (nSPS) is 14.3. The first-order valence-corrected chi connectivity index (χ1v) is 11.2. The predicted molar refractivity (Wildman–Crippen MR) is 126 cm³/mol. The Hall–Kier alpha value is -3.17. The summed E-state index contributed by atoms with van der Waals surface area (Å²) in [5, 5.41) is 6.41. The molecule has 1 aliphatic rings. The van der Waals surface area contributed by atoms with E-state index in [2.05, 4.69) is 31.5 Å². The van der Waals surface area contributed by atoms with E-state index in [-0.39, 0.29) is 30.8 Å². The third-order valence-electron chi connectivity index (χ3n) is 5.38. The fourth-order valence-corrected chi connectivity index (χ4v) is 4.05. The summed E-state index contributed by atoms with van der Waals surface area (Å²) in [5.41, 5.74) is 2.17. The number of fused-ring (bicyclic) bond motifs is 1. The Morgan fingerprint density at radius 2 is 1.66 bits per heavy atom. The summed E-state index contributed by atoms with van der Waals surface area (Å²) >= 11 is 3.37. The molecule has 1 aromatic heterocycles. The van der Waals surface area contributed by atoms with Crippen LogP contribution in [0.25, 0.3) is 10.9 Å². The smallest absolute Gasteiger partial charge is 0.270 e. The Morgan fingerprint density at radius 3 is 2.41 bits per heavy atom. The van der Waals surface area contributed by atoms with Crippen LogP contribution in [0.2, 0.25) is 0 Å². The summed E-state index contributed by atoms with van der Waals surface area (Å²) < 4.78 is 0.777. The maximum absolute atomic E-state index is 12.8. The summed E-state index contributed by atoms with van der Waals surface area (Å²) in [6.07, 6.45) is 0. The average Bonchev–Trinajstić information content (AvgIpc) is 3.24. The fourth-order valence-electron chi connectivity index (χ4n) is 3.66. The molecule has 0 radical (unpaired) electrons. The SMILES string of the molecule is O=C(CN1CCN(C(=O)c2cc3ccccc3[nH]2)CC1)NCC(=O)Nc1ccccc1Br. The molecule has 4 rings (SSSR count). The molecule has 1 saturated heterocycles. The second kappa shape index (κ2) is 9.97. The molecule has 3 aromatic rings. The van der Waals surface area contributed by atoms with Crippen molar-refractivity contribution < 1.29 is 14.4 Å². The van der Waals surface area contributed by atoms with Crippen molar-refractivity contribution in [1.29, 1.82) is 0 Å². The number of carbonyl (C=O) groups excluding carboxylic acids is 3. The Balaban J connectivity index is 1.20. The van der Waals surface area contributed by atoms with Crippen LogP contribution in [0, 0.1) is 0 Å². The monoisotopic (exact) mass is 497 g/mol. The van der Waals surface area contributed by atoms with Crippen molar-refractivity contribution in [3.63, 3.8) is 0 Å². The van der Waals surface area contributed by atoms with Crippen LogP contribution in [0.3, 0.4) is 0 Å². The number of carbonyl (C=O) groups is 3. The zero-order valence-electron chi connectivity index (χ0n) is 17.4. The highest BCUT2D eigenvalue weighted by molar-refractivity contribution is 9.10. The highest BCUT2D eigenvalue weighted by Crippen LogP contribution is 2.21. The van der Waals surface area contributed by atoms with Gasteiger partial charge in [-0.3, -0.25) is 19.3 Å². The van der Waals surface area contributed by atoms with E-state index in [1.807, 2.05) is 53.4 Å². The summed E-state index contributed by atoms with van der Waals surface area (Å²) in [6, 6.07) is 16.9. The number of halogens is 1. The van der Waals surface area contributed by atoms with Crippen molar-refractivity contribution in [3.8, 4) is 0 Å². The van der Waals surface area contributed by atoms with Gasteiger partial charge in [0.15, 0.2) is 0 Å². The van der Waals surface area contributed by atoms with Gasteiger partial charge >= 0.3 is 0 Å². The molecule has 0 saturated carbocycles. The summed E-state index contributed by atoms with van der Waals surface area (Å²) in [5.74, 6) is -0.546. The number of aromatic amines is 1. The highest BCUT2D eigenvalue weighted by atomic mass is 79.9. The molecular formula is C23H24BrN5O3. The van der Waals surface area contributed by atoms with E-state index >= 15 is 0 Å². The van der Waals surface area contributed by atoms with E-state index in [1.165, 1.54) is 0 Å². The lowest BCUT2D eigenvalue weighted by molar-refractivity contribution is -0.125. The van der Waals surface area contributed by atoms with Crippen molar-refractivity contribution in [3.05, 3.63) is 64.8 Å². The highest BCUT2D eigenvalue weighted by Gasteiger charge is 2.24. The largest absolute Gasteiger partial charge is 0.351 e. The van der Waals surface area contributed by atoms with Gasteiger partial charge in [0.05, 0.1) is 18.8 Å². The first-order valence-electron chi connectivity index (χ1n) is 10.4. The molecule has 2 aromatic carbocycles. The molecule has 8 nitrogen and oxygen atoms in total. The maximum Gasteiger partial charge on any atom is 0.270 e. The molecule has 166 valence electrons. The zero-order valence-corrected chi connectivity index (χ0v) is 19.0. The molecule has 9 heteroatoms. The van der Waals surface area contributed by atoms with Gasteiger partial charge in [0.2, 0.25) is 11.8 Å². The van der Waals surface area contributed by atoms with Crippen LogP contribution in [0.4, 0.5) is 5.69 Å². The summed E-state index contributed by atoms with van der Waals surface area (Å²) in [7, 11) is 0. The molecule has 0 bridgehead atoms. The molecule has 2 heterocycles. The number of H-pyrrole nitrogens is 1. The van der Waals surface area contributed by atoms with E-state index in [4.69, 9.17) is 0 Å². The fraction of sp³-hybridized carbons (Fsp3) is 0.261. The van der Waals surface area contributed by atoms with Gasteiger partial charge in [0.1, 0.15) is 5.69 Å². The van der Waals surface area contributed by atoms with Gasteiger partial charge in [-0.25, -0.2) is 0 Å². The van der Waals surface area contributed by atoms with Crippen LogP contribution < -0.4 is 10.6 Å². The Morgan fingerprint density at radius 1 is 0.938 bits per heavy atom. The van der Waals surface area contributed by atoms with E-state index in [0.29, 0.717) is 37.6 Å². The first kappa shape index (κ1) is 22.0. The number of nitrogens with one attached hydrogen (secondary N) is 3. The summed E-state index contributed by atoms with van der Waals surface area (Å²) in [6.45, 7) is 2.38. The van der Waals surface area contributed by atoms with Crippen LogP contribution in [0.1, 0.15) is 10.5 Å². The lowest BCUT2D eigenvalue weighted by Gasteiger charge is -2.34. The van der Waals surface area contributed by atoms with Crippen molar-refractivity contribution in [2.45, 2.75) is 0 Å². The van der Waals surface area contributed by atoms with Crippen LogP contribution in [0.15, 0.2) is 59.1 Å². The standard InChI is InChI=1S/C23H24BrN5O3/c24-17-6-2-4-8-19(17)27-21(30)14-25-22(31)15-28-9-11-29(12-10-28)23(32)20-13-16-5-1-3-7-18(16)26-20/h1-8,13,26H,9-12,14-15H2,(H,25,31)(H,27,30). The molecule has 1 fully saturated rings. The van der Waals surface area contributed by atoms with Gasteiger partial charge in [-0.1, -0.05) is 30.3 Å². The maximum atomic E-state index is 12.8. The molecule has 3 amide bonds. The second-order valence-corrected chi connectivity index (χ2v) is 8.50. The molecule has 0 unspecified atom stereocenters. The topological polar surface area (TPSA) is 97.5 Å².